The van der Waals surface area contributed by atoms with Crippen molar-refractivity contribution in [1.82, 2.24) is 0 Å². The van der Waals surface area contributed by atoms with Crippen LogP contribution in [0.5, 0.6) is 0 Å². The van der Waals surface area contributed by atoms with Gasteiger partial charge >= 0.3 is 0 Å². The Kier molecular flexibility index (Phi) is 4.27. The molecule has 7 heteroatoms. The molecule has 2 aromatic rings. The fraction of sp³-hybridized carbons (Fsp3) is 0.154. The molecule has 1 heterocycles. The first kappa shape index (κ1) is 14.4. The first-order chi connectivity index (χ1) is 9.46. The van der Waals surface area contributed by atoms with E-state index in [1.165, 1.54) is 11.3 Å². The molecule has 0 saturated carbocycles. The average molecular weight is 307 g/mol. The summed E-state index contributed by atoms with van der Waals surface area (Å²) in [4.78, 5) is 1.07. The zero-order valence-electron chi connectivity index (χ0n) is 10.8. The second kappa shape index (κ2) is 5.94. The molecule has 20 heavy (non-hydrogen) atoms. The van der Waals surface area contributed by atoms with Gasteiger partial charge in [-0.2, -0.15) is 5.26 Å². The maximum atomic E-state index is 11.1. The molecule has 2 rings (SSSR count). The highest BCUT2D eigenvalue weighted by Crippen LogP contribution is 2.18. The molecule has 0 fully saturated rings. The smallest absolute Gasteiger partial charge is 0.229 e. The van der Waals surface area contributed by atoms with E-state index in [9.17, 15) is 8.42 Å². The summed E-state index contributed by atoms with van der Waals surface area (Å²) in [6.07, 6.45) is 1.11. The number of nitrogens with zero attached hydrogens (tertiary/aromatic N) is 1. The van der Waals surface area contributed by atoms with E-state index in [-0.39, 0.29) is 0 Å². The minimum atomic E-state index is -3.24. The van der Waals surface area contributed by atoms with E-state index in [1.807, 2.05) is 11.4 Å². The molecule has 0 amide bonds. The number of nitriles is 1. The molecule has 1 aromatic heterocycles. The van der Waals surface area contributed by atoms with Gasteiger partial charge in [0.2, 0.25) is 10.0 Å². The third-order valence-electron chi connectivity index (χ3n) is 2.44. The Balaban J connectivity index is 1.95. The largest absolute Gasteiger partial charge is 0.380 e. The van der Waals surface area contributed by atoms with Gasteiger partial charge in [0, 0.05) is 28.2 Å². The fourth-order valence-corrected chi connectivity index (χ4v) is 2.91. The van der Waals surface area contributed by atoms with Crippen LogP contribution in [-0.2, 0) is 16.6 Å². The van der Waals surface area contributed by atoms with Crippen molar-refractivity contribution in [3.8, 4) is 6.07 Å². The van der Waals surface area contributed by atoms with E-state index >= 15 is 0 Å². The van der Waals surface area contributed by atoms with Crippen molar-refractivity contribution < 1.29 is 8.42 Å². The van der Waals surface area contributed by atoms with Gasteiger partial charge in [-0.25, -0.2) is 8.42 Å². The number of thiophene rings is 1. The van der Waals surface area contributed by atoms with Crippen molar-refractivity contribution in [3.05, 3.63) is 46.2 Å². The van der Waals surface area contributed by atoms with Gasteiger partial charge in [0.15, 0.2) is 0 Å². The Morgan fingerprint density at radius 2 is 1.90 bits per heavy atom. The summed E-state index contributed by atoms with van der Waals surface area (Å²) in [6.45, 7) is 0.630. The van der Waals surface area contributed by atoms with Crippen LogP contribution in [0.1, 0.15) is 10.4 Å². The molecule has 0 saturated heterocycles. The molecule has 5 nitrogen and oxygen atoms in total. The Morgan fingerprint density at radius 1 is 1.25 bits per heavy atom. The lowest BCUT2D eigenvalue weighted by atomic mass is 10.3. The van der Waals surface area contributed by atoms with E-state index in [4.69, 9.17) is 5.26 Å². The van der Waals surface area contributed by atoms with Gasteiger partial charge in [-0.1, -0.05) is 0 Å². The normalized spacial score (nSPS) is 10.8. The third kappa shape index (κ3) is 4.26. The molecule has 0 atom stereocenters. The molecule has 104 valence electrons. The van der Waals surface area contributed by atoms with Gasteiger partial charge in [0.1, 0.15) is 6.07 Å². The zero-order valence-corrected chi connectivity index (χ0v) is 12.4. The number of hydrogen-bond acceptors (Lipinski definition) is 5. The van der Waals surface area contributed by atoms with E-state index < -0.39 is 10.0 Å². The number of benzene rings is 1. The summed E-state index contributed by atoms with van der Waals surface area (Å²) in [5, 5.41) is 13.8. The summed E-state index contributed by atoms with van der Waals surface area (Å²) < 4.78 is 24.6. The summed E-state index contributed by atoms with van der Waals surface area (Å²) in [5.74, 6) is 0. The van der Waals surface area contributed by atoms with E-state index in [0.29, 0.717) is 17.8 Å². The molecular formula is C13H13N3O2S2. The molecule has 0 aliphatic rings. The van der Waals surface area contributed by atoms with Gasteiger partial charge in [-0.05, 0) is 30.3 Å². The first-order valence-corrected chi connectivity index (χ1v) is 8.52. The Bertz CT molecular complexity index is 728. The number of hydrogen-bond donors (Lipinski definition) is 2. The SMILES string of the molecule is CS(=O)(=O)Nc1ccc(NCc2cc(C#N)cs2)cc1. The molecule has 0 aliphatic carbocycles. The molecule has 0 radical (unpaired) electrons. The molecule has 0 spiro atoms. The highest BCUT2D eigenvalue weighted by Gasteiger charge is 2.02. The Hall–Kier alpha value is -2.04. The lowest BCUT2D eigenvalue weighted by Gasteiger charge is -2.07. The topological polar surface area (TPSA) is 82.0 Å². The average Bonchev–Trinajstić information content (AvgIpc) is 2.84. The van der Waals surface area contributed by atoms with Crippen LogP contribution in [0, 0.1) is 11.3 Å². The van der Waals surface area contributed by atoms with Crippen LogP contribution in [0.4, 0.5) is 11.4 Å². The number of sulfonamides is 1. The van der Waals surface area contributed by atoms with Gasteiger partial charge < -0.3 is 5.32 Å². The lowest BCUT2D eigenvalue weighted by Crippen LogP contribution is -2.09. The van der Waals surface area contributed by atoms with Crippen LogP contribution in [0.3, 0.4) is 0 Å². The number of rotatable bonds is 5. The van der Waals surface area contributed by atoms with Gasteiger partial charge in [0.05, 0.1) is 11.8 Å². The van der Waals surface area contributed by atoms with Crippen LogP contribution in [0.25, 0.3) is 0 Å². The molecule has 0 aliphatic heterocycles. The summed E-state index contributed by atoms with van der Waals surface area (Å²) in [6, 6.07) is 10.9. The summed E-state index contributed by atoms with van der Waals surface area (Å²) in [5.41, 5.74) is 2.08. The maximum absolute atomic E-state index is 11.1. The molecule has 1 aromatic carbocycles. The quantitative estimate of drug-likeness (QED) is 0.889. The second-order valence-corrected chi connectivity index (χ2v) is 6.96. The number of anilines is 2. The zero-order chi connectivity index (χ0) is 14.6. The van der Waals surface area contributed by atoms with Crippen LogP contribution < -0.4 is 10.0 Å². The number of nitrogens with one attached hydrogen (secondary N) is 2. The minimum Gasteiger partial charge on any atom is -0.380 e. The Labute approximate surface area is 121 Å². The molecule has 2 N–H and O–H groups in total. The van der Waals surface area contributed by atoms with Crippen LogP contribution in [0.15, 0.2) is 35.7 Å². The third-order valence-corrected chi connectivity index (χ3v) is 3.98. The predicted octanol–water partition coefficient (Wildman–Crippen LogP) is 2.60. The first-order valence-electron chi connectivity index (χ1n) is 5.75. The summed E-state index contributed by atoms with van der Waals surface area (Å²) >= 11 is 1.53. The van der Waals surface area contributed by atoms with Gasteiger partial charge in [-0.15, -0.1) is 11.3 Å². The van der Waals surface area contributed by atoms with Crippen molar-refractivity contribution in [2.24, 2.45) is 0 Å². The van der Waals surface area contributed by atoms with E-state index in [2.05, 4.69) is 16.1 Å². The van der Waals surface area contributed by atoms with Crippen molar-refractivity contribution in [1.29, 1.82) is 5.26 Å². The molecular weight excluding hydrogens is 294 g/mol. The maximum Gasteiger partial charge on any atom is 0.229 e. The fourth-order valence-electron chi connectivity index (χ4n) is 1.59. The second-order valence-electron chi connectivity index (χ2n) is 4.22. The van der Waals surface area contributed by atoms with E-state index in [0.717, 1.165) is 16.8 Å². The lowest BCUT2D eigenvalue weighted by molar-refractivity contribution is 0.607. The highest BCUT2D eigenvalue weighted by atomic mass is 32.2. The van der Waals surface area contributed by atoms with Crippen LogP contribution in [0.2, 0.25) is 0 Å². The van der Waals surface area contributed by atoms with Gasteiger partial charge in [0.25, 0.3) is 0 Å². The highest BCUT2D eigenvalue weighted by molar-refractivity contribution is 7.92. The summed E-state index contributed by atoms with van der Waals surface area (Å²) in [7, 11) is -3.24. The van der Waals surface area contributed by atoms with Crippen molar-refractivity contribution in [3.63, 3.8) is 0 Å². The van der Waals surface area contributed by atoms with Crippen LogP contribution in [-0.4, -0.2) is 14.7 Å². The molecule has 0 bridgehead atoms. The van der Waals surface area contributed by atoms with Crippen molar-refractivity contribution >= 4 is 32.7 Å². The standard InChI is InChI=1S/C13H13N3O2S2/c1-20(17,18)16-12-4-2-11(3-5-12)15-8-13-6-10(7-14)9-19-13/h2-6,9,15-16H,8H2,1H3. The molecule has 0 unspecified atom stereocenters. The monoisotopic (exact) mass is 307 g/mol. The Morgan fingerprint density at radius 3 is 2.45 bits per heavy atom. The van der Waals surface area contributed by atoms with Gasteiger partial charge in [-0.3, -0.25) is 4.72 Å². The minimum absolute atomic E-state index is 0.529. The van der Waals surface area contributed by atoms with E-state index in [1.54, 1.807) is 24.3 Å². The van der Waals surface area contributed by atoms with Crippen LogP contribution >= 0.6 is 11.3 Å². The predicted molar refractivity (Wildman–Crippen MR) is 81.3 cm³/mol. The van der Waals surface area contributed by atoms with Crippen molar-refractivity contribution in [2.45, 2.75) is 6.54 Å². The van der Waals surface area contributed by atoms with Crippen molar-refractivity contribution in [2.75, 3.05) is 16.3 Å².